The fourth-order valence-corrected chi connectivity index (χ4v) is 1.50. The van der Waals surface area contributed by atoms with Crippen molar-refractivity contribution in [2.75, 3.05) is 37.6 Å². The van der Waals surface area contributed by atoms with Gasteiger partial charge in [0.1, 0.15) is 18.2 Å². The Kier molecular flexibility index (Phi) is 5.68. The van der Waals surface area contributed by atoms with Crippen LogP contribution >= 0.6 is 11.8 Å². The molecule has 1 rings (SSSR count). The van der Waals surface area contributed by atoms with Crippen LogP contribution in [0.25, 0.3) is 0 Å². The van der Waals surface area contributed by atoms with Crippen molar-refractivity contribution in [1.29, 1.82) is 0 Å². The van der Waals surface area contributed by atoms with Gasteiger partial charge in [0.2, 0.25) is 0 Å². The van der Waals surface area contributed by atoms with Crippen LogP contribution in [0.1, 0.15) is 19.7 Å². The average Bonchev–Trinajstić information content (AvgIpc) is 2.37. The zero-order chi connectivity index (χ0) is 13.6. The standard InChI is InChI=1S/C12H22N4OS/c1-12(2,18-5)8-14-10-6-9(13-3)15-11(16-10)7-17-4/h6H,7-8H2,1-5H3,(H2,13,14,15,16). The third-order valence-corrected chi connectivity index (χ3v) is 3.80. The van der Waals surface area contributed by atoms with Crippen molar-refractivity contribution in [3.8, 4) is 0 Å². The lowest BCUT2D eigenvalue weighted by atomic mass is 10.2. The molecule has 0 aromatic carbocycles. The zero-order valence-corrected chi connectivity index (χ0v) is 12.5. The van der Waals surface area contributed by atoms with E-state index in [4.69, 9.17) is 4.74 Å². The van der Waals surface area contributed by atoms with Gasteiger partial charge in [-0.1, -0.05) is 0 Å². The molecule has 0 saturated carbocycles. The Hall–Kier alpha value is -1.01. The molecule has 0 atom stereocenters. The van der Waals surface area contributed by atoms with Gasteiger partial charge in [0, 0.05) is 31.5 Å². The van der Waals surface area contributed by atoms with Crippen LogP contribution in [0, 0.1) is 0 Å². The first-order valence-electron chi connectivity index (χ1n) is 5.84. The topological polar surface area (TPSA) is 59.1 Å². The van der Waals surface area contributed by atoms with E-state index < -0.39 is 0 Å². The lowest BCUT2D eigenvalue weighted by Gasteiger charge is -2.22. The van der Waals surface area contributed by atoms with Gasteiger partial charge in [-0.3, -0.25) is 0 Å². The Labute approximate surface area is 113 Å². The number of nitrogens with one attached hydrogen (secondary N) is 2. The number of ether oxygens (including phenoxy) is 1. The minimum Gasteiger partial charge on any atom is -0.377 e. The van der Waals surface area contributed by atoms with Gasteiger partial charge in [-0.15, -0.1) is 0 Å². The average molecular weight is 270 g/mol. The van der Waals surface area contributed by atoms with Gasteiger partial charge in [0.25, 0.3) is 0 Å². The SMILES string of the molecule is CNc1cc(NCC(C)(C)SC)nc(COC)n1. The van der Waals surface area contributed by atoms with Gasteiger partial charge in [-0.05, 0) is 20.1 Å². The second-order valence-corrected chi connectivity index (χ2v) is 6.07. The maximum atomic E-state index is 5.06. The van der Waals surface area contributed by atoms with Gasteiger partial charge in [0.05, 0.1) is 0 Å². The Morgan fingerprint density at radius 1 is 1.33 bits per heavy atom. The zero-order valence-electron chi connectivity index (χ0n) is 11.7. The van der Waals surface area contributed by atoms with Crippen molar-refractivity contribution in [3.63, 3.8) is 0 Å². The molecule has 0 radical (unpaired) electrons. The molecule has 6 heteroatoms. The second kappa shape index (κ2) is 6.80. The molecule has 1 aromatic heterocycles. The third kappa shape index (κ3) is 4.70. The highest BCUT2D eigenvalue weighted by Gasteiger charge is 2.16. The Balaban J connectivity index is 2.78. The lowest BCUT2D eigenvalue weighted by molar-refractivity contribution is 0.178. The van der Waals surface area contributed by atoms with Gasteiger partial charge in [-0.25, -0.2) is 9.97 Å². The minimum absolute atomic E-state index is 0.173. The largest absolute Gasteiger partial charge is 0.377 e. The smallest absolute Gasteiger partial charge is 0.158 e. The number of nitrogens with zero attached hydrogens (tertiary/aromatic N) is 2. The summed E-state index contributed by atoms with van der Waals surface area (Å²) in [6.45, 7) is 5.65. The van der Waals surface area contributed by atoms with Crippen molar-refractivity contribution in [2.24, 2.45) is 0 Å². The normalized spacial score (nSPS) is 11.4. The number of aromatic nitrogens is 2. The summed E-state index contributed by atoms with van der Waals surface area (Å²) in [6, 6.07) is 1.90. The quantitative estimate of drug-likeness (QED) is 0.792. The molecule has 0 fully saturated rings. The third-order valence-electron chi connectivity index (χ3n) is 2.55. The first-order chi connectivity index (χ1) is 8.50. The van der Waals surface area contributed by atoms with Crippen LogP contribution in [0.5, 0.6) is 0 Å². The van der Waals surface area contributed by atoms with Gasteiger partial charge < -0.3 is 15.4 Å². The minimum atomic E-state index is 0.173. The first kappa shape index (κ1) is 15.0. The molecule has 0 aliphatic heterocycles. The number of anilines is 2. The van der Waals surface area contributed by atoms with E-state index in [2.05, 4.69) is 40.7 Å². The van der Waals surface area contributed by atoms with Crippen LogP contribution in [0.2, 0.25) is 0 Å². The Morgan fingerprint density at radius 3 is 2.56 bits per heavy atom. The van der Waals surface area contributed by atoms with Crippen molar-refractivity contribution < 1.29 is 4.74 Å². The molecule has 1 aromatic rings. The van der Waals surface area contributed by atoms with E-state index in [1.807, 2.05) is 24.9 Å². The molecule has 0 spiro atoms. The number of methoxy groups -OCH3 is 1. The fraction of sp³-hybridized carbons (Fsp3) is 0.667. The molecule has 2 N–H and O–H groups in total. The van der Waals surface area contributed by atoms with E-state index in [1.54, 1.807) is 7.11 Å². The number of thioether (sulfide) groups is 1. The Morgan fingerprint density at radius 2 is 2.00 bits per heavy atom. The summed E-state index contributed by atoms with van der Waals surface area (Å²) >= 11 is 1.82. The molecule has 1 heterocycles. The van der Waals surface area contributed by atoms with Crippen LogP contribution in [0.3, 0.4) is 0 Å². The number of hydrogen-bond donors (Lipinski definition) is 2. The van der Waals surface area contributed by atoms with E-state index >= 15 is 0 Å². The highest BCUT2D eigenvalue weighted by molar-refractivity contribution is 7.99. The maximum absolute atomic E-state index is 5.06. The summed E-state index contributed by atoms with van der Waals surface area (Å²) in [5, 5.41) is 6.37. The first-order valence-corrected chi connectivity index (χ1v) is 7.07. The fourth-order valence-electron chi connectivity index (χ4n) is 1.28. The highest BCUT2D eigenvalue weighted by atomic mass is 32.2. The monoisotopic (exact) mass is 270 g/mol. The van der Waals surface area contributed by atoms with Crippen LogP contribution < -0.4 is 10.6 Å². The van der Waals surface area contributed by atoms with E-state index in [1.165, 1.54) is 0 Å². The van der Waals surface area contributed by atoms with Crippen LogP contribution in [-0.2, 0) is 11.3 Å². The molecular weight excluding hydrogens is 248 g/mol. The molecule has 5 nitrogen and oxygen atoms in total. The summed E-state index contributed by atoms with van der Waals surface area (Å²) in [7, 11) is 3.48. The molecular formula is C12H22N4OS. The summed E-state index contributed by atoms with van der Waals surface area (Å²) in [6.07, 6.45) is 2.11. The second-order valence-electron chi connectivity index (χ2n) is 4.56. The van der Waals surface area contributed by atoms with E-state index in [-0.39, 0.29) is 4.75 Å². The predicted molar refractivity (Wildman–Crippen MR) is 78.4 cm³/mol. The summed E-state index contributed by atoms with van der Waals surface area (Å²) in [5.74, 6) is 2.29. The van der Waals surface area contributed by atoms with Gasteiger partial charge in [0.15, 0.2) is 5.82 Å². The summed E-state index contributed by atoms with van der Waals surface area (Å²) < 4.78 is 5.24. The highest BCUT2D eigenvalue weighted by Crippen LogP contribution is 2.22. The molecule has 0 aliphatic carbocycles. The predicted octanol–water partition coefficient (Wildman–Crippen LogP) is 2.22. The van der Waals surface area contributed by atoms with Gasteiger partial charge in [-0.2, -0.15) is 11.8 Å². The van der Waals surface area contributed by atoms with E-state index in [0.29, 0.717) is 12.4 Å². The van der Waals surface area contributed by atoms with E-state index in [0.717, 1.165) is 18.2 Å². The molecule has 0 amide bonds. The summed E-state index contributed by atoms with van der Waals surface area (Å²) in [5.41, 5.74) is 0. The molecule has 18 heavy (non-hydrogen) atoms. The van der Waals surface area contributed by atoms with Crippen molar-refractivity contribution in [2.45, 2.75) is 25.2 Å². The van der Waals surface area contributed by atoms with Crippen molar-refractivity contribution >= 4 is 23.4 Å². The lowest BCUT2D eigenvalue weighted by Crippen LogP contribution is -2.26. The van der Waals surface area contributed by atoms with Crippen molar-refractivity contribution in [1.82, 2.24) is 9.97 Å². The van der Waals surface area contributed by atoms with Crippen molar-refractivity contribution in [3.05, 3.63) is 11.9 Å². The molecule has 0 aliphatic rings. The van der Waals surface area contributed by atoms with Crippen LogP contribution in [-0.4, -0.2) is 41.7 Å². The number of rotatable bonds is 7. The Bertz CT molecular complexity index is 384. The van der Waals surface area contributed by atoms with Crippen LogP contribution in [0.15, 0.2) is 6.07 Å². The summed E-state index contributed by atoms with van der Waals surface area (Å²) in [4.78, 5) is 8.73. The number of hydrogen-bond acceptors (Lipinski definition) is 6. The van der Waals surface area contributed by atoms with Crippen LogP contribution in [0.4, 0.5) is 11.6 Å². The molecule has 0 unspecified atom stereocenters. The molecule has 0 bridgehead atoms. The van der Waals surface area contributed by atoms with E-state index in [9.17, 15) is 0 Å². The molecule has 0 saturated heterocycles. The maximum Gasteiger partial charge on any atom is 0.158 e. The van der Waals surface area contributed by atoms with Gasteiger partial charge >= 0.3 is 0 Å². The molecule has 102 valence electrons.